The average molecular weight is 354 g/mol. The van der Waals surface area contributed by atoms with Gasteiger partial charge >= 0.3 is 0 Å². The number of benzene rings is 2. The molecule has 0 atom stereocenters. The minimum atomic E-state index is 0.647. The van der Waals surface area contributed by atoms with Crippen LogP contribution in [0.3, 0.4) is 0 Å². The fourth-order valence-electron chi connectivity index (χ4n) is 3.37. The van der Waals surface area contributed by atoms with Crippen LogP contribution in [0.1, 0.15) is 24.0 Å². The number of rotatable bonds is 9. The number of hydrogen-bond acceptors (Lipinski definition) is 4. The van der Waals surface area contributed by atoms with Gasteiger partial charge in [-0.15, -0.1) is 0 Å². The van der Waals surface area contributed by atoms with Crippen LogP contribution in [0.15, 0.2) is 48.5 Å². The highest BCUT2D eigenvalue weighted by Gasteiger charge is 2.12. The van der Waals surface area contributed by atoms with Crippen molar-refractivity contribution >= 4 is 0 Å². The van der Waals surface area contributed by atoms with Crippen molar-refractivity contribution in [1.29, 1.82) is 0 Å². The largest absolute Gasteiger partial charge is 0.493 e. The summed E-state index contributed by atoms with van der Waals surface area (Å²) in [6, 6.07) is 16.6. The zero-order valence-electron chi connectivity index (χ0n) is 15.7. The van der Waals surface area contributed by atoms with Crippen molar-refractivity contribution in [2.75, 3.05) is 33.4 Å². The summed E-state index contributed by atoms with van der Waals surface area (Å²) in [5.41, 5.74) is 2.51. The molecule has 1 saturated heterocycles. The molecule has 2 aromatic rings. The Morgan fingerprint density at radius 2 is 1.81 bits per heavy atom. The summed E-state index contributed by atoms with van der Waals surface area (Å²) in [4.78, 5) is 0. The molecule has 4 heteroatoms. The van der Waals surface area contributed by atoms with E-state index in [0.29, 0.717) is 6.61 Å². The Labute approximate surface area is 156 Å². The fourth-order valence-corrected chi connectivity index (χ4v) is 3.37. The summed E-state index contributed by atoms with van der Waals surface area (Å²) in [5.74, 6) is 2.41. The molecule has 0 radical (unpaired) electrons. The number of ether oxygens (including phenoxy) is 2. The Kier molecular flexibility index (Phi) is 7.35. The molecule has 0 spiro atoms. The van der Waals surface area contributed by atoms with Crippen molar-refractivity contribution in [2.45, 2.75) is 25.8 Å². The molecule has 26 heavy (non-hydrogen) atoms. The summed E-state index contributed by atoms with van der Waals surface area (Å²) < 4.78 is 11.5. The van der Waals surface area contributed by atoms with Gasteiger partial charge in [0.05, 0.1) is 13.7 Å². The van der Waals surface area contributed by atoms with Crippen LogP contribution in [0, 0.1) is 5.92 Å². The van der Waals surface area contributed by atoms with E-state index in [4.69, 9.17) is 9.47 Å². The van der Waals surface area contributed by atoms with Gasteiger partial charge in [0.1, 0.15) is 0 Å². The topological polar surface area (TPSA) is 42.5 Å². The summed E-state index contributed by atoms with van der Waals surface area (Å²) in [5, 5.41) is 7.00. The molecule has 0 unspecified atom stereocenters. The molecule has 140 valence electrons. The van der Waals surface area contributed by atoms with Gasteiger partial charge in [0, 0.05) is 13.0 Å². The smallest absolute Gasteiger partial charge is 0.161 e. The first kappa shape index (κ1) is 18.7. The number of nitrogens with one attached hydrogen (secondary N) is 2. The first-order valence-electron chi connectivity index (χ1n) is 9.60. The van der Waals surface area contributed by atoms with Gasteiger partial charge in [0.15, 0.2) is 11.5 Å². The Morgan fingerprint density at radius 1 is 1.00 bits per heavy atom. The third kappa shape index (κ3) is 5.75. The minimum absolute atomic E-state index is 0.647. The van der Waals surface area contributed by atoms with E-state index >= 15 is 0 Å². The minimum Gasteiger partial charge on any atom is -0.493 e. The predicted molar refractivity (Wildman–Crippen MR) is 106 cm³/mol. The molecule has 1 aliphatic heterocycles. The molecule has 3 rings (SSSR count). The lowest BCUT2D eigenvalue weighted by atomic mass is 9.98. The monoisotopic (exact) mass is 354 g/mol. The van der Waals surface area contributed by atoms with Crippen molar-refractivity contribution < 1.29 is 9.47 Å². The maximum Gasteiger partial charge on any atom is 0.161 e. The number of hydrogen-bond donors (Lipinski definition) is 2. The van der Waals surface area contributed by atoms with Gasteiger partial charge in [0.25, 0.3) is 0 Å². The molecule has 0 amide bonds. The molecule has 2 aromatic carbocycles. The van der Waals surface area contributed by atoms with Crippen LogP contribution in [0.5, 0.6) is 11.5 Å². The molecule has 1 aliphatic rings. The zero-order chi connectivity index (χ0) is 18.0. The van der Waals surface area contributed by atoms with Crippen LogP contribution in [0.25, 0.3) is 0 Å². The lowest BCUT2D eigenvalue weighted by molar-refractivity contribution is 0.297. The summed E-state index contributed by atoms with van der Waals surface area (Å²) >= 11 is 0. The van der Waals surface area contributed by atoms with Crippen LogP contribution < -0.4 is 20.1 Å². The lowest BCUT2D eigenvalue weighted by Gasteiger charge is -2.22. The highest BCUT2D eigenvalue weighted by atomic mass is 16.5. The maximum atomic E-state index is 5.93. The Morgan fingerprint density at radius 3 is 2.58 bits per heavy atom. The molecule has 1 heterocycles. The fraction of sp³-hybridized carbons (Fsp3) is 0.455. The van der Waals surface area contributed by atoms with Crippen LogP contribution >= 0.6 is 0 Å². The van der Waals surface area contributed by atoms with Crippen molar-refractivity contribution in [3.8, 4) is 11.5 Å². The summed E-state index contributed by atoms with van der Waals surface area (Å²) in [7, 11) is 1.70. The number of piperidine rings is 1. The van der Waals surface area contributed by atoms with E-state index in [1.54, 1.807) is 7.11 Å². The third-order valence-corrected chi connectivity index (χ3v) is 4.94. The summed E-state index contributed by atoms with van der Waals surface area (Å²) in [6.07, 6.45) is 3.43. The van der Waals surface area contributed by atoms with Crippen molar-refractivity contribution in [1.82, 2.24) is 10.6 Å². The van der Waals surface area contributed by atoms with Crippen molar-refractivity contribution in [3.63, 3.8) is 0 Å². The number of methoxy groups -OCH3 is 1. The molecule has 1 fully saturated rings. The van der Waals surface area contributed by atoms with Crippen molar-refractivity contribution in [3.05, 3.63) is 59.7 Å². The maximum absolute atomic E-state index is 5.93. The highest BCUT2D eigenvalue weighted by Crippen LogP contribution is 2.28. The molecular formula is C22H30N2O2. The first-order valence-corrected chi connectivity index (χ1v) is 9.60. The van der Waals surface area contributed by atoms with E-state index in [1.807, 2.05) is 12.1 Å². The van der Waals surface area contributed by atoms with Gasteiger partial charge in [-0.1, -0.05) is 36.4 Å². The van der Waals surface area contributed by atoms with Gasteiger partial charge in [0.2, 0.25) is 0 Å². The SMILES string of the molecule is COc1cc(CNCC2CCNCC2)ccc1OCCc1ccccc1. The van der Waals surface area contributed by atoms with E-state index in [-0.39, 0.29) is 0 Å². The van der Waals surface area contributed by atoms with Crippen molar-refractivity contribution in [2.24, 2.45) is 5.92 Å². The normalized spacial score (nSPS) is 15.0. The van der Waals surface area contributed by atoms with Crippen LogP contribution in [0.2, 0.25) is 0 Å². The van der Waals surface area contributed by atoms with Crippen LogP contribution in [-0.2, 0) is 13.0 Å². The van der Waals surface area contributed by atoms with Crippen LogP contribution in [-0.4, -0.2) is 33.4 Å². The predicted octanol–water partition coefficient (Wildman–Crippen LogP) is 3.41. The summed E-state index contributed by atoms with van der Waals surface area (Å²) in [6.45, 7) is 4.89. The molecule has 0 aliphatic carbocycles. The van der Waals surface area contributed by atoms with Gasteiger partial charge in [-0.25, -0.2) is 0 Å². The van der Waals surface area contributed by atoms with Gasteiger partial charge < -0.3 is 20.1 Å². The van der Waals surface area contributed by atoms with Gasteiger partial charge in [-0.3, -0.25) is 0 Å². The van der Waals surface area contributed by atoms with E-state index in [1.165, 1.54) is 24.0 Å². The molecule has 0 aromatic heterocycles. The Bertz CT molecular complexity index is 654. The molecule has 0 bridgehead atoms. The zero-order valence-corrected chi connectivity index (χ0v) is 15.7. The van der Waals surface area contributed by atoms with Gasteiger partial charge in [-0.2, -0.15) is 0 Å². The van der Waals surface area contributed by atoms with Gasteiger partial charge in [-0.05, 0) is 61.7 Å². The molecule has 0 saturated carbocycles. The first-order chi connectivity index (χ1) is 12.8. The average Bonchev–Trinajstić information content (AvgIpc) is 2.70. The highest BCUT2D eigenvalue weighted by molar-refractivity contribution is 5.43. The molecule has 2 N–H and O–H groups in total. The second kappa shape index (κ2) is 10.2. The van der Waals surface area contributed by atoms with E-state index in [9.17, 15) is 0 Å². The van der Waals surface area contributed by atoms with E-state index < -0.39 is 0 Å². The van der Waals surface area contributed by atoms with E-state index in [0.717, 1.165) is 50.0 Å². The van der Waals surface area contributed by atoms with E-state index in [2.05, 4.69) is 47.0 Å². The second-order valence-electron chi connectivity index (χ2n) is 6.89. The lowest BCUT2D eigenvalue weighted by Crippen LogP contribution is -2.33. The second-order valence-corrected chi connectivity index (χ2v) is 6.89. The molecular weight excluding hydrogens is 324 g/mol. The van der Waals surface area contributed by atoms with Crippen LogP contribution in [0.4, 0.5) is 0 Å². The quantitative estimate of drug-likeness (QED) is 0.724. The third-order valence-electron chi connectivity index (χ3n) is 4.94. The molecule has 4 nitrogen and oxygen atoms in total. The standard InChI is InChI=1S/C22H30N2O2/c1-25-22-15-20(17-24-16-19-9-12-23-13-10-19)7-8-21(22)26-14-11-18-5-3-2-4-6-18/h2-8,15,19,23-24H,9-14,16-17H2,1H3. The Balaban J connectivity index is 1.47. The Hall–Kier alpha value is -2.04.